The van der Waals surface area contributed by atoms with Gasteiger partial charge >= 0.3 is 5.97 Å². The average molecular weight is 306 g/mol. The molecular formula is C15H18N2O3S. The number of hydrogen-bond acceptors (Lipinski definition) is 5. The van der Waals surface area contributed by atoms with Crippen LogP contribution in [0.25, 0.3) is 10.9 Å². The molecule has 0 amide bonds. The second-order valence-corrected chi connectivity index (χ2v) is 5.71. The number of thioether (sulfide) groups is 1. The van der Waals surface area contributed by atoms with Crippen molar-refractivity contribution >= 4 is 34.5 Å². The Labute approximate surface area is 127 Å². The maximum atomic E-state index is 11.1. The number of aliphatic hydroxyl groups excluding tert-OH is 1. The standard InChI is InChI=1S/C15H18N2O3S/c18-8-2-9-21-10-7-16-14-6-5-11-12(15(19)20)3-1-4-13(11)17-14/h1,3-6,18H,2,7-10H2,(H,16,17)(H,19,20). The number of aromatic carboxylic acids is 1. The quantitative estimate of drug-likeness (QED) is 0.650. The Balaban J connectivity index is 1.98. The van der Waals surface area contributed by atoms with Gasteiger partial charge in [-0.25, -0.2) is 9.78 Å². The number of anilines is 1. The van der Waals surface area contributed by atoms with Crippen molar-refractivity contribution in [3.05, 3.63) is 35.9 Å². The van der Waals surface area contributed by atoms with Crippen LogP contribution in [0.5, 0.6) is 0 Å². The molecule has 1 aromatic carbocycles. The number of benzene rings is 1. The van der Waals surface area contributed by atoms with E-state index in [-0.39, 0.29) is 12.2 Å². The summed E-state index contributed by atoms with van der Waals surface area (Å²) in [5.74, 6) is 1.69. The van der Waals surface area contributed by atoms with Crippen LogP contribution in [-0.4, -0.2) is 45.8 Å². The SMILES string of the molecule is O=C(O)c1cccc2nc(NCCSCCCO)ccc12. The Hall–Kier alpha value is -1.79. The zero-order chi connectivity index (χ0) is 15.1. The van der Waals surface area contributed by atoms with Gasteiger partial charge in [-0.3, -0.25) is 0 Å². The van der Waals surface area contributed by atoms with Crippen molar-refractivity contribution in [1.29, 1.82) is 0 Å². The number of aliphatic hydroxyl groups is 1. The second-order valence-electron chi connectivity index (χ2n) is 4.49. The molecule has 0 fully saturated rings. The molecule has 0 aliphatic carbocycles. The van der Waals surface area contributed by atoms with Crippen molar-refractivity contribution in [3.8, 4) is 0 Å². The second kappa shape index (κ2) is 7.85. The number of nitrogens with zero attached hydrogens (tertiary/aromatic N) is 1. The summed E-state index contributed by atoms with van der Waals surface area (Å²) in [5, 5.41) is 21.7. The van der Waals surface area contributed by atoms with Crippen LogP contribution in [0.1, 0.15) is 16.8 Å². The van der Waals surface area contributed by atoms with Gasteiger partial charge in [-0.05, 0) is 36.4 Å². The highest BCUT2D eigenvalue weighted by molar-refractivity contribution is 7.99. The fraction of sp³-hybridized carbons (Fsp3) is 0.333. The predicted molar refractivity (Wildman–Crippen MR) is 86.2 cm³/mol. The highest BCUT2D eigenvalue weighted by Gasteiger charge is 2.08. The molecule has 112 valence electrons. The Morgan fingerprint density at radius 3 is 2.86 bits per heavy atom. The number of carboxylic acids is 1. The molecule has 0 spiro atoms. The summed E-state index contributed by atoms with van der Waals surface area (Å²) in [6.07, 6.45) is 0.816. The summed E-state index contributed by atoms with van der Waals surface area (Å²) >= 11 is 1.78. The lowest BCUT2D eigenvalue weighted by Gasteiger charge is -2.07. The summed E-state index contributed by atoms with van der Waals surface area (Å²) in [5.41, 5.74) is 0.943. The normalized spacial score (nSPS) is 10.7. The van der Waals surface area contributed by atoms with Crippen molar-refractivity contribution in [3.63, 3.8) is 0 Å². The molecule has 2 rings (SSSR count). The first-order valence-electron chi connectivity index (χ1n) is 6.78. The number of fused-ring (bicyclic) bond motifs is 1. The molecule has 0 saturated heterocycles. The molecule has 21 heavy (non-hydrogen) atoms. The molecule has 0 bridgehead atoms. The van der Waals surface area contributed by atoms with Crippen LogP contribution in [0.2, 0.25) is 0 Å². The largest absolute Gasteiger partial charge is 0.478 e. The monoisotopic (exact) mass is 306 g/mol. The summed E-state index contributed by atoms with van der Waals surface area (Å²) in [7, 11) is 0. The Bertz CT molecular complexity index is 619. The number of carbonyl (C=O) groups is 1. The number of rotatable bonds is 8. The van der Waals surface area contributed by atoms with Crippen LogP contribution in [0.3, 0.4) is 0 Å². The predicted octanol–water partition coefficient (Wildman–Crippen LogP) is 2.46. The third-order valence-corrected chi connectivity index (χ3v) is 4.03. The lowest BCUT2D eigenvalue weighted by atomic mass is 10.1. The maximum absolute atomic E-state index is 11.1. The van der Waals surface area contributed by atoms with E-state index in [1.807, 2.05) is 6.07 Å². The lowest BCUT2D eigenvalue weighted by Crippen LogP contribution is -2.06. The maximum Gasteiger partial charge on any atom is 0.336 e. The number of hydrogen-bond donors (Lipinski definition) is 3. The van der Waals surface area contributed by atoms with Gasteiger partial charge in [0.25, 0.3) is 0 Å². The van der Waals surface area contributed by atoms with E-state index in [1.165, 1.54) is 0 Å². The fourth-order valence-corrected chi connectivity index (χ4v) is 2.74. The molecule has 1 heterocycles. The molecule has 0 radical (unpaired) electrons. The molecule has 0 aliphatic heterocycles. The van der Waals surface area contributed by atoms with Gasteiger partial charge in [0.15, 0.2) is 0 Å². The number of nitrogens with one attached hydrogen (secondary N) is 1. The Morgan fingerprint density at radius 2 is 2.10 bits per heavy atom. The van der Waals surface area contributed by atoms with Crippen molar-refractivity contribution in [2.24, 2.45) is 0 Å². The Morgan fingerprint density at radius 1 is 1.24 bits per heavy atom. The van der Waals surface area contributed by atoms with E-state index in [4.69, 9.17) is 10.2 Å². The minimum absolute atomic E-state index is 0.235. The first kappa shape index (κ1) is 15.6. The molecule has 2 aromatic rings. The van der Waals surface area contributed by atoms with E-state index < -0.39 is 5.97 Å². The highest BCUT2D eigenvalue weighted by Crippen LogP contribution is 2.19. The van der Waals surface area contributed by atoms with Crippen LogP contribution in [0.15, 0.2) is 30.3 Å². The first-order chi connectivity index (χ1) is 10.2. The van der Waals surface area contributed by atoms with Crippen LogP contribution < -0.4 is 5.32 Å². The molecular weight excluding hydrogens is 288 g/mol. The van der Waals surface area contributed by atoms with E-state index in [0.717, 1.165) is 30.3 Å². The third-order valence-electron chi connectivity index (χ3n) is 2.96. The minimum atomic E-state index is -0.941. The van der Waals surface area contributed by atoms with Crippen molar-refractivity contribution < 1.29 is 15.0 Å². The third kappa shape index (κ3) is 4.34. The topological polar surface area (TPSA) is 82.5 Å². The van der Waals surface area contributed by atoms with Crippen LogP contribution >= 0.6 is 11.8 Å². The molecule has 0 atom stereocenters. The van der Waals surface area contributed by atoms with Crippen LogP contribution in [-0.2, 0) is 0 Å². The molecule has 1 aromatic heterocycles. The number of carboxylic acid groups (broad SMARTS) is 1. The van der Waals surface area contributed by atoms with Gasteiger partial charge in [0.2, 0.25) is 0 Å². The summed E-state index contributed by atoms with van der Waals surface area (Å²) in [6, 6.07) is 8.67. The molecule has 0 saturated carbocycles. The zero-order valence-electron chi connectivity index (χ0n) is 11.6. The van der Waals surface area contributed by atoms with Gasteiger partial charge in [-0.15, -0.1) is 0 Å². The summed E-state index contributed by atoms with van der Waals surface area (Å²) in [6.45, 7) is 1.02. The lowest BCUT2D eigenvalue weighted by molar-refractivity contribution is 0.0699. The average Bonchev–Trinajstić information content (AvgIpc) is 2.49. The molecule has 0 aliphatic rings. The van der Waals surface area contributed by atoms with E-state index in [0.29, 0.717) is 10.9 Å². The zero-order valence-corrected chi connectivity index (χ0v) is 12.4. The highest BCUT2D eigenvalue weighted by atomic mass is 32.2. The summed E-state index contributed by atoms with van der Waals surface area (Å²) < 4.78 is 0. The van der Waals surface area contributed by atoms with E-state index in [2.05, 4.69) is 10.3 Å². The number of aromatic nitrogens is 1. The molecule has 6 heteroatoms. The summed E-state index contributed by atoms with van der Waals surface area (Å²) in [4.78, 5) is 15.6. The van der Waals surface area contributed by atoms with Gasteiger partial charge in [-0.2, -0.15) is 11.8 Å². The van der Waals surface area contributed by atoms with E-state index in [1.54, 1.807) is 36.0 Å². The molecule has 0 unspecified atom stereocenters. The van der Waals surface area contributed by atoms with Gasteiger partial charge in [0.05, 0.1) is 11.1 Å². The van der Waals surface area contributed by atoms with Crippen molar-refractivity contribution in [2.75, 3.05) is 30.0 Å². The van der Waals surface area contributed by atoms with Gasteiger partial charge in [0.1, 0.15) is 5.82 Å². The molecule has 5 nitrogen and oxygen atoms in total. The van der Waals surface area contributed by atoms with Crippen LogP contribution in [0.4, 0.5) is 5.82 Å². The van der Waals surface area contributed by atoms with Gasteiger partial charge < -0.3 is 15.5 Å². The minimum Gasteiger partial charge on any atom is -0.478 e. The van der Waals surface area contributed by atoms with Crippen LogP contribution in [0, 0.1) is 0 Å². The van der Waals surface area contributed by atoms with E-state index >= 15 is 0 Å². The number of pyridine rings is 1. The van der Waals surface area contributed by atoms with E-state index in [9.17, 15) is 4.79 Å². The smallest absolute Gasteiger partial charge is 0.336 e. The Kier molecular flexibility index (Phi) is 5.83. The first-order valence-corrected chi connectivity index (χ1v) is 7.93. The van der Waals surface area contributed by atoms with Crippen molar-refractivity contribution in [1.82, 2.24) is 4.98 Å². The van der Waals surface area contributed by atoms with Gasteiger partial charge in [-0.1, -0.05) is 6.07 Å². The molecule has 3 N–H and O–H groups in total. The van der Waals surface area contributed by atoms with Gasteiger partial charge in [0, 0.05) is 24.3 Å². The van der Waals surface area contributed by atoms with Crippen molar-refractivity contribution in [2.45, 2.75) is 6.42 Å². The fourth-order valence-electron chi connectivity index (χ4n) is 1.96.